The van der Waals surface area contributed by atoms with Crippen LogP contribution in [0.1, 0.15) is 17.3 Å². The highest BCUT2D eigenvalue weighted by Crippen LogP contribution is 2.28. The van der Waals surface area contributed by atoms with Gasteiger partial charge in [-0.1, -0.05) is 24.3 Å². The summed E-state index contributed by atoms with van der Waals surface area (Å²) in [7, 11) is 3.39. The highest BCUT2D eigenvalue weighted by Gasteiger charge is 2.21. The second-order valence-electron chi connectivity index (χ2n) is 5.43. The lowest BCUT2D eigenvalue weighted by Crippen LogP contribution is -2.33. The standard InChI is InChI=1S/C18H19N5O2/c1-23-12-13(11-20-23)21-18(24)22-17(15-8-5-6-10-19-15)14-7-3-4-9-16(14)25-2/h3-12,17H,1-2H3,(H2,21,22,24)/t17-/m1/s1. The molecule has 0 spiro atoms. The normalized spacial score (nSPS) is 11.6. The number of nitrogens with one attached hydrogen (secondary N) is 2. The third-order valence-corrected chi connectivity index (χ3v) is 3.67. The molecule has 128 valence electrons. The molecule has 3 rings (SSSR count). The van der Waals surface area contributed by atoms with Crippen molar-refractivity contribution < 1.29 is 9.53 Å². The van der Waals surface area contributed by atoms with Crippen molar-refractivity contribution >= 4 is 11.7 Å². The van der Waals surface area contributed by atoms with Gasteiger partial charge in [0.25, 0.3) is 0 Å². The third-order valence-electron chi connectivity index (χ3n) is 3.67. The van der Waals surface area contributed by atoms with Gasteiger partial charge in [0.05, 0.1) is 24.7 Å². The van der Waals surface area contributed by atoms with Crippen LogP contribution in [0.4, 0.5) is 10.5 Å². The zero-order chi connectivity index (χ0) is 17.6. The molecule has 2 aromatic heterocycles. The van der Waals surface area contributed by atoms with Gasteiger partial charge in [-0.2, -0.15) is 5.10 Å². The monoisotopic (exact) mass is 337 g/mol. The Kier molecular flexibility index (Phi) is 4.94. The number of nitrogens with zero attached hydrogens (tertiary/aromatic N) is 3. The predicted octanol–water partition coefficient (Wildman–Crippen LogP) is 2.73. The topological polar surface area (TPSA) is 81.1 Å². The number of anilines is 1. The van der Waals surface area contributed by atoms with Crippen molar-refractivity contribution in [2.75, 3.05) is 12.4 Å². The number of pyridine rings is 1. The molecule has 0 aliphatic heterocycles. The first kappa shape index (κ1) is 16.5. The molecule has 0 unspecified atom stereocenters. The summed E-state index contributed by atoms with van der Waals surface area (Å²) in [6.07, 6.45) is 5.00. The molecule has 1 aromatic carbocycles. The number of methoxy groups -OCH3 is 1. The van der Waals surface area contributed by atoms with Gasteiger partial charge in [0.15, 0.2) is 0 Å². The second-order valence-corrected chi connectivity index (χ2v) is 5.43. The Morgan fingerprint density at radius 2 is 2.00 bits per heavy atom. The van der Waals surface area contributed by atoms with Crippen molar-refractivity contribution in [1.29, 1.82) is 0 Å². The van der Waals surface area contributed by atoms with Crippen molar-refractivity contribution in [2.45, 2.75) is 6.04 Å². The molecular weight excluding hydrogens is 318 g/mol. The third kappa shape index (κ3) is 3.95. The van der Waals surface area contributed by atoms with Gasteiger partial charge >= 0.3 is 6.03 Å². The number of hydrogen-bond acceptors (Lipinski definition) is 4. The molecular formula is C18H19N5O2. The summed E-state index contributed by atoms with van der Waals surface area (Å²) in [5.41, 5.74) is 2.15. The number of benzene rings is 1. The maximum absolute atomic E-state index is 12.5. The number of amides is 2. The van der Waals surface area contributed by atoms with Crippen molar-refractivity contribution in [1.82, 2.24) is 20.1 Å². The maximum Gasteiger partial charge on any atom is 0.320 e. The molecule has 0 saturated heterocycles. The van der Waals surface area contributed by atoms with Crippen LogP contribution in [0.15, 0.2) is 61.1 Å². The number of carbonyl (C=O) groups excluding carboxylic acids is 1. The SMILES string of the molecule is COc1ccccc1[C@@H](NC(=O)Nc1cnn(C)c1)c1ccccn1. The van der Waals surface area contributed by atoms with Gasteiger partial charge in [0, 0.05) is 25.0 Å². The van der Waals surface area contributed by atoms with E-state index in [-0.39, 0.29) is 6.03 Å². The van der Waals surface area contributed by atoms with Crippen LogP contribution < -0.4 is 15.4 Å². The summed E-state index contributed by atoms with van der Waals surface area (Å²) in [4.78, 5) is 16.8. The van der Waals surface area contributed by atoms with Gasteiger partial charge in [-0.25, -0.2) is 4.79 Å². The van der Waals surface area contributed by atoms with E-state index in [0.29, 0.717) is 17.1 Å². The minimum Gasteiger partial charge on any atom is -0.496 e. The van der Waals surface area contributed by atoms with Gasteiger partial charge in [0.2, 0.25) is 0 Å². The Hall–Kier alpha value is -3.35. The van der Waals surface area contributed by atoms with Crippen molar-refractivity contribution in [3.8, 4) is 5.75 Å². The molecule has 0 radical (unpaired) electrons. The van der Waals surface area contributed by atoms with Crippen LogP contribution in [0.5, 0.6) is 5.75 Å². The average molecular weight is 337 g/mol. The Bertz CT molecular complexity index is 847. The molecule has 3 aromatic rings. The largest absolute Gasteiger partial charge is 0.496 e. The Labute approximate surface area is 145 Å². The molecule has 2 heterocycles. The Balaban J connectivity index is 1.88. The molecule has 1 atom stereocenters. The van der Waals surface area contributed by atoms with Crippen LogP contribution in [0.2, 0.25) is 0 Å². The molecule has 7 nitrogen and oxygen atoms in total. The fourth-order valence-electron chi connectivity index (χ4n) is 2.55. The highest BCUT2D eigenvalue weighted by atomic mass is 16.5. The van der Waals surface area contributed by atoms with Gasteiger partial charge in [-0.05, 0) is 18.2 Å². The van der Waals surface area contributed by atoms with Crippen LogP contribution in [0, 0.1) is 0 Å². The average Bonchev–Trinajstić information content (AvgIpc) is 3.05. The van der Waals surface area contributed by atoms with Crippen molar-refractivity contribution in [3.05, 3.63) is 72.3 Å². The molecule has 0 aliphatic carbocycles. The maximum atomic E-state index is 12.5. The summed E-state index contributed by atoms with van der Waals surface area (Å²) in [6, 6.07) is 12.3. The number of rotatable bonds is 5. The molecule has 0 aliphatic rings. The highest BCUT2D eigenvalue weighted by molar-refractivity contribution is 5.89. The number of aryl methyl sites for hydroxylation is 1. The zero-order valence-corrected chi connectivity index (χ0v) is 14.0. The van der Waals surface area contributed by atoms with E-state index < -0.39 is 6.04 Å². The van der Waals surface area contributed by atoms with E-state index in [1.165, 1.54) is 0 Å². The van der Waals surface area contributed by atoms with Gasteiger partial charge in [0.1, 0.15) is 11.8 Å². The number of aromatic nitrogens is 3. The fraction of sp³-hybridized carbons (Fsp3) is 0.167. The van der Waals surface area contributed by atoms with Crippen LogP contribution in [0.25, 0.3) is 0 Å². The van der Waals surface area contributed by atoms with E-state index in [1.807, 2.05) is 42.5 Å². The molecule has 2 N–H and O–H groups in total. The van der Waals surface area contributed by atoms with E-state index in [0.717, 1.165) is 5.56 Å². The van der Waals surface area contributed by atoms with E-state index in [2.05, 4.69) is 20.7 Å². The Morgan fingerprint density at radius 3 is 2.68 bits per heavy atom. The van der Waals surface area contributed by atoms with E-state index in [4.69, 9.17) is 4.74 Å². The molecule has 0 fully saturated rings. The second kappa shape index (κ2) is 7.48. The lowest BCUT2D eigenvalue weighted by Gasteiger charge is -2.21. The van der Waals surface area contributed by atoms with Crippen LogP contribution >= 0.6 is 0 Å². The lowest BCUT2D eigenvalue weighted by molar-refractivity contribution is 0.249. The lowest BCUT2D eigenvalue weighted by atomic mass is 10.0. The van der Waals surface area contributed by atoms with Crippen LogP contribution in [-0.2, 0) is 7.05 Å². The van der Waals surface area contributed by atoms with Crippen molar-refractivity contribution in [3.63, 3.8) is 0 Å². The minimum absolute atomic E-state index is 0.352. The number of hydrogen-bond donors (Lipinski definition) is 2. The summed E-state index contributed by atoms with van der Waals surface area (Å²) in [5.74, 6) is 0.680. The molecule has 2 amide bonds. The van der Waals surface area contributed by atoms with Gasteiger partial charge < -0.3 is 15.4 Å². The van der Waals surface area contributed by atoms with Crippen molar-refractivity contribution in [2.24, 2.45) is 7.05 Å². The first-order valence-corrected chi connectivity index (χ1v) is 7.77. The molecule has 25 heavy (non-hydrogen) atoms. The van der Waals surface area contributed by atoms with E-state index in [1.54, 1.807) is 37.4 Å². The van der Waals surface area contributed by atoms with Crippen LogP contribution in [0.3, 0.4) is 0 Å². The van der Waals surface area contributed by atoms with E-state index in [9.17, 15) is 4.79 Å². The van der Waals surface area contributed by atoms with Crippen LogP contribution in [-0.4, -0.2) is 27.9 Å². The van der Waals surface area contributed by atoms with Gasteiger partial charge in [-0.15, -0.1) is 0 Å². The first-order chi connectivity index (χ1) is 12.2. The van der Waals surface area contributed by atoms with Gasteiger partial charge in [-0.3, -0.25) is 9.67 Å². The molecule has 0 saturated carbocycles. The summed E-state index contributed by atoms with van der Waals surface area (Å²) in [6.45, 7) is 0. The number of carbonyl (C=O) groups is 1. The summed E-state index contributed by atoms with van der Waals surface area (Å²) < 4.78 is 7.06. The summed E-state index contributed by atoms with van der Waals surface area (Å²) >= 11 is 0. The summed E-state index contributed by atoms with van der Waals surface area (Å²) in [5, 5.41) is 9.76. The smallest absolute Gasteiger partial charge is 0.320 e. The van der Waals surface area contributed by atoms with E-state index >= 15 is 0 Å². The molecule has 7 heteroatoms. The number of ether oxygens (including phenoxy) is 1. The Morgan fingerprint density at radius 1 is 1.20 bits per heavy atom. The quantitative estimate of drug-likeness (QED) is 0.750. The first-order valence-electron chi connectivity index (χ1n) is 7.77. The fourth-order valence-corrected chi connectivity index (χ4v) is 2.55. The number of para-hydroxylation sites is 1. The molecule has 0 bridgehead atoms. The number of urea groups is 1. The minimum atomic E-state index is -0.450. The zero-order valence-electron chi connectivity index (χ0n) is 14.0. The predicted molar refractivity (Wildman–Crippen MR) is 94.4 cm³/mol.